The number of nitrogens with one attached hydrogen (secondary N) is 2. The normalized spacial score (nSPS) is 16.2. The van der Waals surface area contributed by atoms with Crippen LogP contribution in [0.25, 0.3) is 0 Å². The minimum absolute atomic E-state index is 0. The van der Waals surface area contributed by atoms with Crippen LogP contribution in [0.4, 0.5) is 20.6 Å². The molecule has 0 aromatic heterocycles. The van der Waals surface area contributed by atoms with Crippen molar-refractivity contribution >= 4 is 46.6 Å². The standard InChI is InChI=1S/C22H23Cl2FN6O.CH4/c1-14(2)20-12-30(22(32)28-17-6-3-15(23)4-7-17)9-10-31(20)21(27-13-26)29-19-8-5-16(25)11-18(19)24;/h3-8,11,14,20H,9-10,12H2,1-2H3,(H,27,29)(H,28,32);1H4/t20-;/m1./s1. The van der Waals surface area contributed by atoms with Gasteiger partial charge in [-0.05, 0) is 48.4 Å². The Morgan fingerprint density at radius 2 is 1.91 bits per heavy atom. The minimum atomic E-state index is -0.468. The Bertz CT molecular complexity index is 1040. The van der Waals surface area contributed by atoms with Crippen LogP contribution in [-0.4, -0.2) is 47.5 Å². The summed E-state index contributed by atoms with van der Waals surface area (Å²) in [6.45, 7) is 5.37. The molecule has 2 aromatic carbocycles. The second-order valence-corrected chi connectivity index (χ2v) is 8.50. The van der Waals surface area contributed by atoms with E-state index in [-0.39, 0.29) is 30.4 Å². The van der Waals surface area contributed by atoms with Crippen molar-refractivity contribution in [2.24, 2.45) is 10.9 Å². The lowest BCUT2D eigenvalue weighted by Gasteiger charge is -2.44. The van der Waals surface area contributed by atoms with Crippen molar-refractivity contribution in [1.82, 2.24) is 15.1 Å². The molecule has 1 saturated heterocycles. The molecule has 1 aliphatic heterocycles. The molecule has 10 heteroatoms. The van der Waals surface area contributed by atoms with Crippen LogP contribution in [0.5, 0.6) is 0 Å². The fraction of sp³-hybridized carbons (Fsp3) is 0.348. The van der Waals surface area contributed by atoms with Gasteiger partial charge in [-0.1, -0.05) is 44.5 Å². The van der Waals surface area contributed by atoms with Gasteiger partial charge in [0.05, 0.1) is 16.8 Å². The quantitative estimate of drug-likeness (QED) is 0.249. The lowest BCUT2D eigenvalue weighted by molar-refractivity contribution is 0.118. The summed E-state index contributed by atoms with van der Waals surface area (Å²) in [6, 6.07) is 10.5. The summed E-state index contributed by atoms with van der Waals surface area (Å²) >= 11 is 12.0. The van der Waals surface area contributed by atoms with Gasteiger partial charge >= 0.3 is 6.03 Å². The Labute approximate surface area is 203 Å². The first-order valence-corrected chi connectivity index (χ1v) is 10.8. The molecule has 1 fully saturated rings. The van der Waals surface area contributed by atoms with E-state index in [0.717, 1.165) is 0 Å². The fourth-order valence-electron chi connectivity index (χ4n) is 3.46. The highest BCUT2D eigenvalue weighted by molar-refractivity contribution is 6.33. The smallest absolute Gasteiger partial charge is 0.321 e. The SMILES string of the molecule is C.CC(C)[C@H]1CN(C(=O)Nc2ccc(Cl)cc2)CCN1C(=Nc1ccc(F)cc1Cl)NC#N. The molecule has 176 valence electrons. The number of hydrogen-bond acceptors (Lipinski definition) is 3. The van der Waals surface area contributed by atoms with E-state index in [0.29, 0.717) is 42.0 Å². The number of carbonyl (C=O) groups excluding carboxylic acids is 1. The van der Waals surface area contributed by atoms with Gasteiger partial charge in [-0.15, -0.1) is 0 Å². The number of hydrogen-bond donors (Lipinski definition) is 2. The third-order valence-electron chi connectivity index (χ3n) is 5.15. The van der Waals surface area contributed by atoms with Gasteiger partial charge in [-0.3, -0.25) is 5.32 Å². The van der Waals surface area contributed by atoms with E-state index in [1.807, 2.05) is 24.9 Å². The summed E-state index contributed by atoms with van der Waals surface area (Å²) < 4.78 is 13.4. The van der Waals surface area contributed by atoms with Gasteiger partial charge in [0.1, 0.15) is 5.82 Å². The number of amides is 2. The molecule has 33 heavy (non-hydrogen) atoms. The number of benzene rings is 2. The molecule has 7 nitrogen and oxygen atoms in total. The second kappa shape index (κ2) is 11.7. The average Bonchev–Trinajstić information content (AvgIpc) is 2.76. The summed E-state index contributed by atoms with van der Waals surface area (Å²) in [5, 5.41) is 15.5. The van der Waals surface area contributed by atoms with Gasteiger partial charge < -0.3 is 15.1 Å². The Kier molecular flexibility index (Phi) is 9.32. The Hall–Kier alpha value is -3.02. The number of urea groups is 1. The van der Waals surface area contributed by atoms with Crippen LogP contribution in [0.2, 0.25) is 10.0 Å². The van der Waals surface area contributed by atoms with E-state index < -0.39 is 5.82 Å². The summed E-state index contributed by atoms with van der Waals surface area (Å²) in [5.74, 6) is -0.0166. The molecular weight excluding hydrogens is 466 g/mol. The molecule has 2 amide bonds. The third kappa shape index (κ3) is 6.73. The minimum Gasteiger partial charge on any atom is -0.335 e. The monoisotopic (exact) mass is 492 g/mol. The van der Waals surface area contributed by atoms with E-state index in [9.17, 15) is 14.4 Å². The van der Waals surface area contributed by atoms with Crippen LogP contribution in [0.3, 0.4) is 0 Å². The molecule has 0 bridgehead atoms. The van der Waals surface area contributed by atoms with E-state index in [1.54, 1.807) is 29.2 Å². The molecule has 1 heterocycles. The summed E-state index contributed by atoms with van der Waals surface area (Å²) in [6.07, 6.45) is 1.90. The largest absolute Gasteiger partial charge is 0.335 e. The highest BCUT2D eigenvalue weighted by Crippen LogP contribution is 2.27. The average molecular weight is 493 g/mol. The molecule has 3 rings (SSSR count). The van der Waals surface area contributed by atoms with Gasteiger partial charge in [0.2, 0.25) is 5.96 Å². The zero-order valence-electron chi connectivity index (χ0n) is 17.6. The molecule has 0 unspecified atom stereocenters. The first kappa shape index (κ1) is 26.2. The van der Waals surface area contributed by atoms with Crippen LogP contribution in [0.15, 0.2) is 47.5 Å². The molecule has 0 aliphatic carbocycles. The van der Waals surface area contributed by atoms with E-state index in [2.05, 4.69) is 15.6 Å². The number of nitrogens with zero attached hydrogens (tertiary/aromatic N) is 4. The number of aliphatic imine (C=N–C) groups is 1. The number of anilines is 1. The van der Waals surface area contributed by atoms with Crippen LogP contribution in [0.1, 0.15) is 21.3 Å². The zero-order chi connectivity index (χ0) is 23.3. The maximum atomic E-state index is 13.4. The first-order chi connectivity index (χ1) is 15.3. The predicted molar refractivity (Wildman–Crippen MR) is 131 cm³/mol. The highest BCUT2D eigenvalue weighted by atomic mass is 35.5. The summed E-state index contributed by atoms with van der Waals surface area (Å²) in [5.41, 5.74) is 0.999. The molecule has 0 radical (unpaired) electrons. The Balaban J connectivity index is 0.00000385. The number of piperazine rings is 1. The Morgan fingerprint density at radius 3 is 2.52 bits per heavy atom. The number of halogens is 3. The van der Waals surface area contributed by atoms with Crippen LogP contribution >= 0.6 is 23.2 Å². The van der Waals surface area contributed by atoms with Gasteiger partial charge in [-0.2, -0.15) is 5.26 Å². The van der Waals surface area contributed by atoms with Crippen LogP contribution in [0, 0.1) is 23.2 Å². The molecule has 0 saturated carbocycles. The van der Waals surface area contributed by atoms with Crippen molar-refractivity contribution in [3.05, 3.63) is 58.3 Å². The van der Waals surface area contributed by atoms with E-state index >= 15 is 0 Å². The molecular formula is C23H27Cl2FN6O. The molecule has 2 aromatic rings. The van der Waals surface area contributed by atoms with Gasteiger partial charge in [0.15, 0.2) is 6.19 Å². The van der Waals surface area contributed by atoms with E-state index in [4.69, 9.17) is 23.2 Å². The lowest BCUT2D eigenvalue weighted by atomic mass is 10.00. The number of carbonyl (C=O) groups is 1. The van der Waals surface area contributed by atoms with Gasteiger partial charge in [0, 0.05) is 30.3 Å². The maximum absolute atomic E-state index is 13.4. The van der Waals surface area contributed by atoms with Crippen molar-refractivity contribution in [2.45, 2.75) is 27.3 Å². The maximum Gasteiger partial charge on any atom is 0.321 e. The van der Waals surface area contributed by atoms with Crippen LogP contribution in [-0.2, 0) is 0 Å². The molecule has 1 atom stereocenters. The second-order valence-electron chi connectivity index (χ2n) is 7.66. The topological polar surface area (TPSA) is 83.8 Å². The summed E-state index contributed by atoms with van der Waals surface area (Å²) in [4.78, 5) is 20.9. The van der Waals surface area contributed by atoms with E-state index in [1.165, 1.54) is 18.2 Å². The van der Waals surface area contributed by atoms with Crippen molar-refractivity contribution < 1.29 is 9.18 Å². The molecule has 1 aliphatic rings. The Morgan fingerprint density at radius 1 is 1.21 bits per heavy atom. The number of nitriles is 1. The van der Waals surface area contributed by atoms with Crippen LogP contribution < -0.4 is 10.6 Å². The molecule has 2 N–H and O–H groups in total. The molecule has 0 spiro atoms. The highest BCUT2D eigenvalue weighted by Gasteiger charge is 2.33. The van der Waals surface area contributed by atoms with Crippen molar-refractivity contribution in [3.8, 4) is 6.19 Å². The zero-order valence-corrected chi connectivity index (χ0v) is 19.2. The fourth-order valence-corrected chi connectivity index (χ4v) is 3.80. The van der Waals surface area contributed by atoms with Crippen molar-refractivity contribution in [1.29, 1.82) is 5.26 Å². The number of rotatable bonds is 3. The van der Waals surface area contributed by atoms with Gasteiger partial charge in [0.25, 0.3) is 0 Å². The van der Waals surface area contributed by atoms with Gasteiger partial charge in [-0.25, -0.2) is 14.2 Å². The van der Waals surface area contributed by atoms with Crippen molar-refractivity contribution in [2.75, 3.05) is 25.0 Å². The van der Waals surface area contributed by atoms with Crippen molar-refractivity contribution in [3.63, 3.8) is 0 Å². The third-order valence-corrected chi connectivity index (χ3v) is 5.70. The predicted octanol–water partition coefficient (Wildman–Crippen LogP) is 5.70. The lowest BCUT2D eigenvalue weighted by Crippen LogP contribution is -2.60. The number of guanidine groups is 1. The summed E-state index contributed by atoms with van der Waals surface area (Å²) in [7, 11) is 0. The first-order valence-electron chi connectivity index (χ1n) is 10.1.